The number of hydrogen-bond donors (Lipinski definition) is 2. The number of fused-ring (bicyclic) bond motifs is 6. The van der Waals surface area contributed by atoms with Crippen molar-refractivity contribution in [3.05, 3.63) is 78.0 Å². The first kappa shape index (κ1) is 18.5. The molecule has 1 aromatic heterocycles. The lowest BCUT2D eigenvalue weighted by atomic mass is 9.84. The van der Waals surface area contributed by atoms with E-state index in [1.807, 2.05) is 30.5 Å². The van der Waals surface area contributed by atoms with Crippen LogP contribution in [-0.2, 0) is 16.0 Å². The maximum Gasteiger partial charge on any atom is 0.326 e. The van der Waals surface area contributed by atoms with Crippen molar-refractivity contribution in [1.29, 1.82) is 0 Å². The van der Waals surface area contributed by atoms with Crippen LogP contribution in [-0.4, -0.2) is 30.2 Å². The van der Waals surface area contributed by atoms with Crippen LogP contribution in [0.15, 0.2) is 66.9 Å². The van der Waals surface area contributed by atoms with Gasteiger partial charge in [-0.15, -0.1) is 0 Å². The van der Waals surface area contributed by atoms with Crippen LogP contribution in [0.5, 0.6) is 5.75 Å². The molecule has 2 aliphatic rings. The predicted octanol–water partition coefficient (Wildman–Crippen LogP) is 4.52. The fourth-order valence-corrected chi connectivity index (χ4v) is 5.56. The number of methoxy groups -OCH3 is 1. The minimum atomic E-state index is -0.795. The van der Waals surface area contributed by atoms with Gasteiger partial charge in [0.2, 0.25) is 0 Å². The van der Waals surface area contributed by atoms with Gasteiger partial charge in [-0.1, -0.05) is 48.5 Å². The van der Waals surface area contributed by atoms with Crippen LogP contribution in [0.25, 0.3) is 21.7 Å². The van der Waals surface area contributed by atoms with Crippen LogP contribution in [0.4, 0.5) is 0 Å². The summed E-state index contributed by atoms with van der Waals surface area (Å²) in [6.07, 6.45) is 3.25. The fourth-order valence-electron chi connectivity index (χ4n) is 5.56. The van der Waals surface area contributed by atoms with Crippen molar-refractivity contribution in [3.63, 3.8) is 0 Å². The largest absolute Gasteiger partial charge is 0.493 e. The van der Waals surface area contributed by atoms with Gasteiger partial charge in [0.25, 0.3) is 0 Å². The third-order valence-corrected chi connectivity index (χ3v) is 6.95. The van der Waals surface area contributed by atoms with Gasteiger partial charge in [-0.2, -0.15) is 0 Å². The molecule has 2 aliphatic heterocycles. The highest BCUT2D eigenvalue weighted by Gasteiger charge is 2.53. The van der Waals surface area contributed by atoms with E-state index in [1.54, 1.807) is 0 Å². The first-order chi connectivity index (χ1) is 15.2. The molecule has 0 amide bonds. The summed E-state index contributed by atoms with van der Waals surface area (Å²) in [4.78, 5) is 16.5. The number of H-pyrrole nitrogens is 1. The Morgan fingerprint density at radius 2 is 1.90 bits per heavy atom. The average Bonchev–Trinajstić information content (AvgIpc) is 3.40. The molecule has 0 bridgehead atoms. The number of hydrogen-bond acceptors (Lipinski definition) is 4. The molecule has 0 saturated carbocycles. The topological polar surface area (TPSA) is 63.4 Å². The molecule has 3 heterocycles. The SMILES string of the molecule is COC(=O)[C@]1(Cc2c[nH]c3ccccc23)C[C@@H]2COc3ccc4ccccc4c3[C@@H]2N1. The molecule has 31 heavy (non-hydrogen) atoms. The van der Waals surface area contributed by atoms with Gasteiger partial charge in [0, 0.05) is 41.0 Å². The van der Waals surface area contributed by atoms with E-state index in [0.717, 1.165) is 27.8 Å². The maximum atomic E-state index is 13.2. The number of nitrogens with one attached hydrogen (secondary N) is 2. The van der Waals surface area contributed by atoms with Crippen molar-refractivity contribution >= 4 is 27.6 Å². The van der Waals surface area contributed by atoms with E-state index in [-0.39, 0.29) is 17.9 Å². The van der Waals surface area contributed by atoms with Crippen molar-refractivity contribution in [2.45, 2.75) is 24.4 Å². The van der Waals surface area contributed by atoms with E-state index in [9.17, 15) is 4.79 Å². The van der Waals surface area contributed by atoms with Gasteiger partial charge in [-0.05, 0) is 34.9 Å². The summed E-state index contributed by atoms with van der Waals surface area (Å²) >= 11 is 0. The van der Waals surface area contributed by atoms with E-state index in [4.69, 9.17) is 9.47 Å². The Labute approximate surface area is 180 Å². The molecular formula is C26H24N2O3. The Kier molecular flexibility index (Phi) is 4.08. The second kappa shape index (κ2) is 6.86. The normalized spacial score (nSPS) is 24.5. The Balaban J connectivity index is 1.45. The Morgan fingerprint density at radius 3 is 2.77 bits per heavy atom. The van der Waals surface area contributed by atoms with Crippen molar-refractivity contribution in [3.8, 4) is 5.75 Å². The number of aromatic amines is 1. The summed E-state index contributed by atoms with van der Waals surface area (Å²) in [5, 5.41) is 7.24. The highest BCUT2D eigenvalue weighted by atomic mass is 16.5. The van der Waals surface area contributed by atoms with Gasteiger partial charge in [-0.3, -0.25) is 10.1 Å². The van der Waals surface area contributed by atoms with Gasteiger partial charge < -0.3 is 14.5 Å². The minimum absolute atomic E-state index is 0.0409. The van der Waals surface area contributed by atoms with E-state index in [2.05, 4.69) is 46.7 Å². The molecule has 5 heteroatoms. The zero-order valence-corrected chi connectivity index (χ0v) is 17.4. The lowest BCUT2D eigenvalue weighted by molar-refractivity contribution is -0.148. The molecule has 6 rings (SSSR count). The van der Waals surface area contributed by atoms with E-state index < -0.39 is 5.54 Å². The lowest BCUT2D eigenvalue weighted by Gasteiger charge is -2.30. The molecule has 1 fully saturated rings. The van der Waals surface area contributed by atoms with Crippen molar-refractivity contribution in [2.75, 3.05) is 13.7 Å². The third-order valence-electron chi connectivity index (χ3n) is 6.95. The fraction of sp³-hybridized carbons (Fsp3) is 0.269. The Bertz CT molecular complexity index is 1310. The summed E-state index contributed by atoms with van der Waals surface area (Å²) in [6, 6.07) is 20.8. The molecule has 3 atom stereocenters. The molecule has 4 aromatic rings. The van der Waals surface area contributed by atoms with E-state index in [0.29, 0.717) is 19.4 Å². The summed E-state index contributed by atoms with van der Waals surface area (Å²) in [5.41, 5.74) is 2.55. The predicted molar refractivity (Wildman–Crippen MR) is 120 cm³/mol. The van der Waals surface area contributed by atoms with E-state index >= 15 is 0 Å². The molecule has 2 N–H and O–H groups in total. The smallest absolute Gasteiger partial charge is 0.326 e. The zero-order valence-electron chi connectivity index (χ0n) is 17.4. The van der Waals surface area contributed by atoms with Crippen LogP contribution in [0.2, 0.25) is 0 Å². The lowest BCUT2D eigenvalue weighted by Crippen LogP contribution is -2.50. The van der Waals surface area contributed by atoms with Crippen LogP contribution in [0.1, 0.15) is 23.6 Å². The summed E-state index contributed by atoms with van der Waals surface area (Å²) in [7, 11) is 1.48. The van der Waals surface area contributed by atoms with Gasteiger partial charge in [0.05, 0.1) is 13.7 Å². The third kappa shape index (κ3) is 2.77. The van der Waals surface area contributed by atoms with E-state index in [1.165, 1.54) is 17.9 Å². The maximum absolute atomic E-state index is 13.2. The van der Waals surface area contributed by atoms with Gasteiger partial charge in [0.1, 0.15) is 11.3 Å². The quantitative estimate of drug-likeness (QED) is 0.486. The molecule has 5 nitrogen and oxygen atoms in total. The van der Waals surface area contributed by atoms with Crippen molar-refractivity contribution < 1.29 is 14.3 Å². The molecule has 0 unspecified atom stereocenters. The number of carbonyl (C=O) groups excluding carboxylic acids is 1. The number of para-hydroxylation sites is 1. The Morgan fingerprint density at radius 1 is 1.10 bits per heavy atom. The first-order valence-electron chi connectivity index (χ1n) is 10.7. The standard InChI is InChI=1S/C26H24N2O3/c1-30-25(29)26(12-17-14-27-21-9-5-4-7-19(17)21)13-18-15-31-22-11-10-16-6-2-3-8-20(16)23(22)24(18)28-26/h2-11,14,18,24,27-28H,12-13,15H2,1H3/t18-,24-,26+/m1/s1. The summed E-state index contributed by atoms with van der Waals surface area (Å²) in [5.74, 6) is 0.886. The number of aromatic nitrogens is 1. The molecule has 0 aliphatic carbocycles. The molecule has 3 aromatic carbocycles. The second-order valence-electron chi connectivity index (χ2n) is 8.71. The molecule has 0 radical (unpaired) electrons. The van der Waals surface area contributed by atoms with Gasteiger partial charge >= 0.3 is 5.97 Å². The van der Waals surface area contributed by atoms with Crippen molar-refractivity contribution in [1.82, 2.24) is 10.3 Å². The highest BCUT2D eigenvalue weighted by molar-refractivity contribution is 5.90. The summed E-state index contributed by atoms with van der Waals surface area (Å²) in [6.45, 7) is 0.593. The number of esters is 1. The van der Waals surface area contributed by atoms with Gasteiger partial charge in [0.15, 0.2) is 0 Å². The molecular weight excluding hydrogens is 388 g/mol. The number of benzene rings is 3. The molecule has 1 saturated heterocycles. The second-order valence-corrected chi connectivity index (χ2v) is 8.71. The average molecular weight is 412 g/mol. The Hall–Kier alpha value is -3.31. The number of rotatable bonds is 3. The van der Waals surface area contributed by atoms with Gasteiger partial charge in [-0.25, -0.2) is 0 Å². The van der Waals surface area contributed by atoms with Crippen molar-refractivity contribution in [2.24, 2.45) is 5.92 Å². The molecule has 0 spiro atoms. The zero-order chi connectivity index (χ0) is 21.0. The first-order valence-corrected chi connectivity index (χ1v) is 10.7. The van der Waals surface area contributed by atoms with Crippen LogP contribution in [0.3, 0.4) is 0 Å². The van der Waals surface area contributed by atoms with Crippen LogP contribution < -0.4 is 10.1 Å². The molecule has 156 valence electrons. The highest BCUT2D eigenvalue weighted by Crippen LogP contribution is 2.48. The number of carbonyl (C=O) groups is 1. The van der Waals surface area contributed by atoms with Crippen LogP contribution in [0, 0.1) is 5.92 Å². The minimum Gasteiger partial charge on any atom is -0.493 e. The van der Waals surface area contributed by atoms with Crippen LogP contribution >= 0.6 is 0 Å². The monoisotopic (exact) mass is 412 g/mol. The number of ether oxygens (including phenoxy) is 2. The summed E-state index contributed by atoms with van der Waals surface area (Å²) < 4.78 is 11.5.